The van der Waals surface area contributed by atoms with Gasteiger partial charge in [0.05, 0.1) is 16.7 Å². The average Bonchev–Trinajstić information content (AvgIpc) is 2.17. The quantitative estimate of drug-likeness (QED) is 0.820. The summed E-state index contributed by atoms with van der Waals surface area (Å²) in [7, 11) is 0. The zero-order chi connectivity index (χ0) is 12.1. The average molecular weight is 258 g/mol. The van der Waals surface area contributed by atoms with Gasteiger partial charge in [-0.05, 0) is 25.5 Å². The Labute approximate surface area is 107 Å². The zero-order valence-corrected chi connectivity index (χ0v) is 11.1. The normalized spacial score (nSPS) is 12.2. The fraction of sp³-hybridized carbons (Fsp3) is 0.417. The van der Waals surface area contributed by atoms with Crippen LogP contribution in [-0.2, 0) is 0 Å². The van der Waals surface area contributed by atoms with Crippen LogP contribution in [0.1, 0.15) is 32.3 Å². The molecule has 4 heteroatoms. The lowest BCUT2D eigenvalue weighted by Gasteiger charge is -2.17. The maximum Gasteiger partial charge on any atom is 0.131 e. The Bertz CT molecular complexity index is 381. The maximum absolute atomic E-state index is 6.04. The van der Waals surface area contributed by atoms with Crippen LogP contribution in [0.4, 0.5) is 0 Å². The van der Waals surface area contributed by atoms with Gasteiger partial charge in [-0.3, -0.25) is 0 Å². The molecule has 0 fully saturated rings. The second-order valence-electron chi connectivity index (χ2n) is 3.69. The number of hydrogen-bond donors (Lipinski definition) is 1. The van der Waals surface area contributed by atoms with Gasteiger partial charge in [0.25, 0.3) is 0 Å². The van der Waals surface area contributed by atoms with Crippen LogP contribution in [0.2, 0.25) is 5.02 Å². The molecule has 0 aliphatic rings. The van der Waals surface area contributed by atoms with Crippen LogP contribution in [0, 0.1) is 0 Å². The molecule has 88 valence electrons. The molecule has 0 aromatic heterocycles. The van der Waals surface area contributed by atoms with Gasteiger partial charge >= 0.3 is 0 Å². The van der Waals surface area contributed by atoms with Crippen LogP contribution >= 0.6 is 23.8 Å². The highest BCUT2D eigenvalue weighted by Crippen LogP contribution is 2.27. The number of benzene rings is 1. The molecule has 2 nitrogen and oxygen atoms in total. The van der Waals surface area contributed by atoms with Crippen LogP contribution in [0.5, 0.6) is 5.75 Å². The second kappa shape index (κ2) is 6.06. The summed E-state index contributed by atoms with van der Waals surface area (Å²) in [6.07, 6.45) is 2.20. The first-order chi connectivity index (χ1) is 7.56. The number of nitrogens with two attached hydrogens (primary N) is 1. The van der Waals surface area contributed by atoms with E-state index in [0.29, 0.717) is 16.3 Å². The molecule has 0 amide bonds. The number of ether oxygens (including phenoxy) is 1. The van der Waals surface area contributed by atoms with E-state index in [2.05, 4.69) is 6.92 Å². The first kappa shape index (κ1) is 13.3. The Morgan fingerprint density at radius 2 is 2.25 bits per heavy atom. The fourth-order valence-corrected chi connectivity index (χ4v) is 2.06. The van der Waals surface area contributed by atoms with E-state index in [1.165, 1.54) is 0 Å². The summed E-state index contributed by atoms with van der Waals surface area (Å²) in [6.45, 7) is 4.14. The third-order valence-corrected chi connectivity index (χ3v) is 2.76. The van der Waals surface area contributed by atoms with Gasteiger partial charge in [0.1, 0.15) is 10.7 Å². The summed E-state index contributed by atoms with van der Waals surface area (Å²) in [5.74, 6) is 0.668. The Balaban J connectivity index is 2.95. The van der Waals surface area contributed by atoms with E-state index in [-0.39, 0.29) is 11.1 Å². The lowest BCUT2D eigenvalue weighted by molar-refractivity contribution is 0.209. The van der Waals surface area contributed by atoms with Crippen molar-refractivity contribution in [3.63, 3.8) is 0 Å². The van der Waals surface area contributed by atoms with Gasteiger partial charge in [-0.25, -0.2) is 0 Å². The number of halogens is 1. The summed E-state index contributed by atoms with van der Waals surface area (Å²) >= 11 is 11.0. The third kappa shape index (κ3) is 3.35. The van der Waals surface area contributed by atoms with E-state index in [1.807, 2.05) is 19.1 Å². The molecule has 0 bridgehead atoms. The van der Waals surface area contributed by atoms with Crippen molar-refractivity contribution in [3.8, 4) is 5.75 Å². The van der Waals surface area contributed by atoms with Crippen molar-refractivity contribution in [2.75, 3.05) is 0 Å². The van der Waals surface area contributed by atoms with E-state index >= 15 is 0 Å². The molecule has 0 saturated carbocycles. The van der Waals surface area contributed by atoms with E-state index in [1.54, 1.807) is 6.07 Å². The minimum Gasteiger partial charge on any atom is -0.490 e. The summed E-state index contributed by atoms with van der Waals surface area (Å²) in [6, 6.07) is 5.43. The molecular weight excluding hydrogens is 242 g/mol. The lowest BCUT2D eigenvalue weighted by atomic mass is 10.2. The first-order valence-electron chi connectivity index (χ1n) is 5.31. The van der Waals surface area contributed by atoms with Gasteiger partial charge in [-0.1, -0.05) is 43.2 Å². The standard InChI is InChI=1S/C12H16ClNOS/c1-3-5-8(2)15-10-7-4-6-9(13)11(10)12(14)16/h4,6-8H,3,5H2,1-2H3,(H2,14,16). The SMILES string of the molecule is CCCC(C)Oc1cccc(Cl)c1C(N)=S. The van der Waals surface area contributed by atoms with Crippen LogP contribution in [0.3, 0.4) is 0 Å². The van der Waals surface area contributed by atoms with Crippen molar-refractivity contribution in [1.29, 1.82) is 0 Å². The number of thiocarbonyl (C=S) groups is 1. The highest BCUT2D eigenvalue weighted by atomic mass is 35.5. The molecule has 0 saturated heterocycles. The van der Waals surface area contributed by atoms with Crippen molar-refractivity contribution in [1.82, 2.24) is 0 Å². The molecular formula is C12H16ClNOS. The highest BCUT2D eigenvalue weighted by Gasteiger charge is 2.13. The smallest absolute Gasteiger partial charge is 0.131 e. The molecule has 1 unspecified atom stereocenters. The minimum absolute atomic E-state index is 0.136. The molecule has 1 atom stereocenters. The molecule has 0 aliphatic heterocycles. The van der Waals surface area contributed by atoms with Gasteiger partial charge in [0.2, 0.25) is 0 Å². The predicted molar refractivity (Wildman–Crippen MR) is 72.3 cm³/mol. The molecule has 1 rings (SSSR count). The molecule has 1 aromatic rings. The topological polar surface area (TPSA) is 35.2 Å². The van der Waals surface area contributed by atoms with Gasteiger partial charge < -0.3 is 10.5 Å². The minimum atomic E-state index is 0.136. The molecule has 0 radical (unpaired) electrons. The monoisotopic (exact) mass is 257 g/mol. The fourth-order valence-electron chi connectivity index (χ4n) is 1.52. The Kier molecular flexibility index (Phi) is 5.03. The number of hydrogen-bond acceptors (Lipinski definition) is 2. The Morgan fingerprint density at radius 1 is 1.56 bits per heavy atom. The highest BCUT2D eigenvalue weighted by molar-refractivity contribution is 7.80. The largest absolute Gasteiger partial charge is 0.490 e. The van der Waals surface area contributed by atoms with Crippen LogP contribution in [-0.4, -0.2) is 11.1 Å². The first-order valence-corrected chi connectivity index (χ1v) is 6.09. The van der Waals surface area contributed by atoms with Crippen LogP contribution in [0.15, 0.2) is 18.2 Å². The van der Waals surface area contributed by atoms with Gasteiger partial charge in [0, 0.05) is 0 Å². The number of rotatable bonds is 5. The van der Waals surface area contributed by atoms with Crippen molar-refractivity contribution in [2.24, 2.45) is 5.73 Å². The molecule has 0 spiro atoms. The van der Waals surface area contributed by atoms with E-state index in [0.717, 1.165) is 12.8 Å². The molecule has 2 N–H and O–H groups in total. The lowest BCUT2D eigenvalue weighted by Crippen LogP contribution is -2.17. The molecule has 1 aromatic carbocycles. The van der Waals surface area contributed by atoms with E-state index < -0.39 is 0 Å². The Hall–Kier alpha value is -0.800. The van der Waals surface area contributed by atoms with E-state index in [4.69, 9.17) is 34.3 Å². The van der Waals surface area contributed by atoms with Crippen LogP contribution in [0.25, 0.3) is 0 Å². The summed E-state index contributed by atoms with van der Waals surface area (Å²) in [4.78, 5) is 0.268. The molecule has 0 heterocycles. The van der Waals surface area contributed by atoms with Gasteiger partial charge in [-0.2, -0.15) is 0 Å². The third-order valence-electron chi connectivity index (χ3n) is 2.25. The van der Waals surface area contributed by atoms with E-state index in [9.17, 15) is 0 Å². The van der Waals surface area contributed by atoms with Crippen molar-refractivity contribution in [2.45, 2.75) is 32.8 Å². The summed E-state index contributed by atoms with van der Waals surface area (Å²) < 4.78 is 5.78. The maximum atomic E-state index is 6.04. The summed E-state index contributed by atoms with van der Waals surface area (Å²) in [5, 5.41) is 0.536. The molecule has 0 aliphatic carbocycles. The van der Waals surface area contributed by atoms with Crippen molar-refractivity contribution in [3.05, 3.63) is 28.8 Å². The van der Waals surface area contributed by atoms with Crippen LogP contribution < -0.4 is 10.5 Å². The van der Waals surface area contributed by atoms with Gasteiger partial charge in [0.15, 0.2) is 0 Å². The zero-order valence-electron chi connectivity index (χ0n) is 9.50. The second-order valence-corrected chi connectivity index (χ2v) is 4.54. The van der Waals surface area contributed by atoms with Gasteiger partial charge in [-0.15, -0.1) is 0 Å². The van der Waals surface area contributed by atoms with Crippen molar-refractivity contribution >= 4 is 28.8 Å². The molecule has 16 heavy (non-hydrogen) atoms. The predicted octanol–water partition coefficient (Wildman–Crippen LogP) is 3.54. The Morgan fingerprint density at radius 3 is 2.81 bits per heavy atom. The summed E-state index contributed by atoms with van der Waals surface area (Å²) in [5.41, 5.74) is 6.26. The van der Waals surface area contributed by atoms with Crippen molar-refractivity contribution < 1.29 is 4.74 Å².